The summed E-state index contributed by atoms with van der Waals surface area (Å²) in [7, 11) is 1.56. The van der Waals surface area contributed by atoms with Crippen molar-refractivity contribution < 1.29 is 14.3 Å². The van der Waals surface area contributed by atoms with E-state index in [0.29, 0.717) is 12.2 Å². The second-order valence-corrected chi connectivity index (χ2v) is 3.62. The number of amides is 2. The fraction of sp³-hybridized carbons (Fsp3) is 0.364. The molecule has 6 heteroatoms. The van der Waals surface area contributed by atoms with Crippen molar-refractivity contribution in [3.8, 4) is 0 Å². The molecule has 1 unspecified atom stereocenters. The van der Waals surface area contributed by atoms with Crippen LogP contribution in [0.4, 0.5) is 0 Å². The molecule has 0 aliphatic heterocycles. The van der Waals surface area contributed by atoms with Gasteiger partial charge >= 0.3 is 0 Å². The summed E-state index contributed by atoms with van der Waals surface area (Å²) in [6.45, 7) is 2.23. The Labute approximate surface area is 99.2 Å². The standard InChI is InChI=1S/C11H15N3O3/c1-7(6-17-2)14-11(16)8-3-4-13-9(5-8)10(12)15/h3-5,7H,6H2,1-2H3,(H2,12,15)(H,14,16). The molecule has 6 nitrogen and oxygen atoms in total. The summed E-state index contributed by atoms with van der Waals surface area (Å²) >= 11 is 0. The Balaban J connectivity index is 2.75. The Hall–Kier alpha value is -1.95. The van der Waals surface area contributed by atoms with Crippen molar-refractivity contribution in [2.75, 3.05) is 13.7 Å². The first-order valence-electron chi connectivity index (χ1n) is 5.10. The minimum absolute atomic E-state index is 0.0667. The van der Waals surface area contributed by atoms with Crippen molar-refractivity contribution in [2.45, 2.75) is 13.0 Å². The van der Waals surface area contributed by atoms with Gasteiger partial charge in [0.1, 0.15) is 5.69 Å². The number of hydrogen-bond acceptors (Lipinski definition) is 4. The van der Waals surface area contributed by atoms with E-state index >= 15 is 0 Å². The lowest BCUT2D eigenvalue weighted by molar-refractivity contribution is 0.0905. The van der Waals surface area contributed by atoms with Crippen LogP contribution in [0.3, 0.4) is 0 Å². The van der Waals surface area contributed by atoms with E-state index < -0.39 is 5.91 Å². The van der Waals surface area contributed by atoms with Crippen molar-refractivity contribution >= 4 is 11.8 Å². The van der Waals surface area contributed by atoms with Gasteiger partial charge in [-0.3, -0.25) is 14.6 Å². The van der Waals surface area contributed by atoms with Crippen molar-refractivity contribution in [3.63, 3.8) is 0 Å². The first kappa shape index (κ1) is 13.1. The molecule has 1 rings (SSSR count). The third-order valence-electron chi connectivity index (χ3n) is 2.07. The second kappa shape index (κ2) is 5.95. The molecule has 0 fully saturated rings. The van der Waals surface area contributed by atoms with Crippen LogP contribution < -0.4 is 11.1 Å². The Kier molecular flexibility index (Phi) is 4.59. The normalized spacial score (nSPS) is 11.9. The minimum atomic E-state index is -0.662. The van der Waals surface area contributed by atoms with Crippen molar-refractivity contribution in [3.05, 3.63) is 29.6 Å². The molecule has 0 aromatic carbocycles. The fourth-order valence-electron chi connectivity index (χ4n) is 1.31. The van der Waals surface area contributed by atoms with Crippen LogP contribution in [0.2, 0.25) is 0 Å². The first-order chi connectivity index (χ1) is 8.04. The van der Waals surface area contributed by atoms with Crippen LogP contribution in [0.5, 0.6) is 0 Å². The van der Waals surface area contributed by atoms with E-state index in [1.807, 2.05) is 6.92 Å². The molecule has 92 valence electrons. The van der Waals surface area contributed by atoms with Crippen LogP contribution in [0.1, 0.15) is 27.8 Å². The molecular formula is C11H15N3O3. The third-order valence-corrected chi connectivity index (χ3v) is 2.07. The molecule has 1 aromatic heterocycles. The Morgan fingerprint density at radius 1 is 1.59 bits per heavy atom. The van der Waals surface area contributed by atoms with E-state index in [2.05, 4.69) is 10.3 Å². The number of nitrogens with zero attached hydrogens (tertiary/aromatic N) is 1. The van der Waals surface area contributed by atoms with Crippen molar-refractivity contribution in [1.29, 1.82) is 0 Å². The number of rotatable bonds is 5. The van der Waals surface area contributed by atoms with Gasteiger partial charge in [-0.05, 0) is 19.1 Å². The summed E-state index contributed by atoms with van der Waals surface area (Å²) in [5.41, 5.74) is 5.49. The van der Waals surface area contributed by atoms with Gasteiger partial charge in [0.2, 0.25) is 0 Å². The van der Waals surface area contributed by atoms with Crippen LogP contribution in [-0.4, -0.2) is 36.6 Å². The van der Waals surface area contributed by atoms with Gasteiger partial charge in [-0.15, -0.1) is 0 Å². The molecule has 17 heavy (non-hydrogen) atoms. The van der Waals surface area contributed by atoms with Gasteiger partial charge in [-0.25, -0.2) is 0 Å². The molecule has 3 N–H and O–H groups in total. The van der Waals surface area contributed by atoms with Crippen LogP contribution in [0.25, 0.3) is 0 Å². The zero-order valence-electron chi connectivity index (χ0n) is 9.77. The fourth-order valence-corrected chi connectivity index (χ4v) is 1.31. The smallest absolute Gasteiger partial charge is 0.267 e. The van der Waals surface area contributed by atoms with Crippen molar-refractivity contribution in [1.82, 2.24) is 10.3 Å². The maximum atomic E-state index is 11.8. The van der Waals surface area contributed by atoms with Gasteiger partial charge in [-0.1, -0.05) is 0 Å². The van der Waals surface area contributed by atoms with Crippen LogP contribution in [0, 0.1) is 0 Å². The lowest BCUT2D eigenvalue weighted by Crippen LogP contribution is -2.35. The van der Waals surface area contributed by atoms with E-state index in [1.165, 1.54) is 18.3 Å². The molecule has 0 bridgehead atoms. The molecule has 0 radical (unpaired) electrons. The number of ether oxygens (including phenoxy) is 1. The molecule has 0 saturated carbocycles. The molecule has 2 amide bonds. The SMILES string of the molecule is COCC(C)NC(=O)c1ccnc(C(N)=O)c1. The van der Waals surface area contributed by atoms with Crippen molar-refractivity contribution in [2.24, 2.45) is 5.73 Å². The summed E-state index contributed by atoms with van der Waals surface area (Å²) in [6, 6.07) is 2.76. The number of primary amides is 1. The van der Waals surface area contributed by atoms with E-state index in [1.54, 1.807) is 7.11 Å². The zero-order chi connectivity index (χ0) is 12.8. The van der Waals surface area contributed by atoms with Gasteiger partial charge in [0.15, 0.2) is 0 Å². The van der Waals surface area contributed by atoms with E-state index in [4.69, 9.17) is 10.5 Å². The van der Waals surface area contributed by atoms with Gasteiger partial charge in [0.25, 0.3) is 11.8 Å². The zero-order valence-corrected chi connectivity index (χ0v) is 9.77. The Bertz CT molecular complexity index is 420. The number of nitrogens with one attached hydrogen (secondary N) is 1. The monoisotopic (exact) mass is 237 g/mol. The molecule has 0 spiro atoms. The summed E-state index contributed by atoms with van der Waals surface area (Å²) in [4.78, 5) is 26.4. The highest BCUT2D eigenvalue weighted by molar-refractivity contribution is 5.98. The molecule has 0 saturated heterocycles. The Morgan fingerprint density at radius 3 is 2.88 bits per heavy atom. The average Bonchev–Trinajstić information content (AvgIpc) is 2.29. The maximum Gasteiger partial charge on any atom is 0.267 e. The molecule has 0 aliphatic rings. The summed E-state index contributed by atoms with van der Waals surface area (Å²) in [5, 5.41) is 2.72. The highest BCUT2D eigenvalue weighted by atomic mass is 16.5. The predicted octanol–water partition coefficient (Wildman–Crippen LogP) is -0.0548. The van der Waals surface area contributed by atoms with Crippen LogP contribution in [-0.2, 0) is 4.74 Å². The van der Waals surface area contributed by atoms with Gasteiger partial charge in [0.05, 0.1) is 6.61 Å². The number of nitrogens with two attached hydrogens (primary N) is 1. The summed E-state index contributed by atoms with van der Waals surface area (Å²) < 4.78 is 4.90. The van der Waals surface area contributed by atoms with Gasteiger partial charge in [-0.2, -0.15) is 0 Å². The number of pyridine rings is 1. The topological polar surface area (TPSA) is 94.3 Å². The Morgan fingerprint density at radius 2 is 2.29 bits per heavy atom. The van der Waals surface area contributed by atoms with E-state index in [0.717, 1.165) is 0 Å². The summed E-state index contributed by atoms with van der Waals surface area (Å²) in [6.07, 6.45) is 1.37. The molecular weight excluding hydrogens is 222 g/mol. The van der Waals surface area contributed by atoms with Crippen LogP contribution >= 0.6 is 0 Å². The number of carbonyl (C=O) groups is 2. The minimum Gasteiger partial charge on any atom is -0.383 e. The first-order valence-corrected chi connectivity index (χ1v) is 5.10. The third kappa shape index (κ3) is 3.84. The van der Waals surface area contributed by atoms with Crippen LogP contribution in [0.15, 0.2) is 18.3 Å². The average molecular weight is 237 g/mol. The summed E-state index contributed by atoms with van der Waals surface area (Å²) in [5.74, 6) is -0.955. The molecule has 1 aromatic rings. The highest BCUT2D eigenvalue weighted by Gasteiger charge is 2.11. The maximum absolute atomic E-state index is 11.8. The highest BCUT2D eigenvalue weighted by Crippen LogP contribution is 2.02. The second-order valence-electron chi connectivity index (χ2n) is 3.62. The molecule has 0 aliphatic carbocycles. The number of methoxy groups -OCH3 is 1. The quantitative estimate of drug-likeness (QED) is 0.750. The largest absolute Gasteiger partial charge is 0.383 e. The van der Waals surface area contributed by atoms with E-state index in [9.17, 15) is 9.59 Å². The van der Waals surface area contributed by atoms with E-state index in [-0.39, 0.29) is 17.6 Å². The van der Waals surface area contributed by atoms with Gasteiger partial charge in [0, 0.05) is 24.9 Å². The molecule has 1 atom stereocenters. The van der Waals surface area contributed by atoms with Gasteiger partial charge < -0.3 is 15.8 Å². The lowest BCUT2D eigenvalue weighted by Gasteiger charge is -2.12. The predicted molar refractivity (Wildman–Crippen MR) is 61.6 cm³/mol. The number of carbonyl (C=O) groups excluding carboxylic acids is 2. The lowest BCUT2D eigenvalue weighted by atomic mass is 10.2. The molecule has 1 heterocycles. The number of aromatic nitrogens is 1. The number of hydrogen-bond donors (Lipinski definition) is 2.